The zero-order chi connectivity index (χ0) is 10.8. The number of hydrogen-bond acceptors (Lipinski definition) is 4. The van der Waals surface area contributed by atoms with E-state index in [1.165, 1.54) is 12.3 Å². The van der Waals surface area contributed by atoms with E-state index >= 15 is 0 Å². The minimum atomic E-state index is -1.15. The first kappa shape index (κ1) is 9.46. The van der Waals surface area contributed by atoms with Crippen molar-refractivity contribution in [2.45, 2.75) is 18.9 Å². The molecule has 76 valence electrons. The van der Waals surface area contributed by atoms with Crippen molar-refractivity contribution >= 4 is 5.97 Å². The number of aromatic carboxylic acids is 1. The minimum Gasteiger partial charge on any atom is -0.487 e. The molecular formula is C10H8N2O3. The first-order valence-corrected chi connectivity index (χ1v) is 4.51. The fourth-order valence-corrected chi connectivity index (χ4v) is 1.11. The van der Waals surface area contributed by atoms with E-state index in [0.29, 0.717) is 5.75 Å². The molecule has 0 atom stereocenters. The molecule has 15 heavy (non-hydrogen) atoms. The third-order valence-corrected chi connectivity index (χ3v) is 2.02. The van der Waals surface area contributed by atoms with Gasteiger partial charge >= 0.3 is 5.97 Å². The van der Waals surface area contributed by atoms with Crippen molar-refractivity contribution < 1.29 is 14.6 Å². The number of ether oxygens (including phenoxy) is 1. The number of pyridine rings is 1. The number of hydrogen-bond donors (Lipinski definition) is 1. The Kier molecular flexibility index (Phi) is 2.26. The number of rotatable bonds is 3. The maximum Gasteiger partial charge on any atom is 0.354 e. The highest BCUT2D eigenvalue weighted by Gasteiger charge is 2.25. The van der Waals surface area contributed by atoms with E-state index in [0.717, 1.165) is 12.8 Å². The fourth-order valence-electron chi connectivity index (χ4n) is 1.11. The highest BCUT2D eigenvalue weighted by molar-refractivity contribution is 5.85. The molecule has 0 saturated heterocycles. The predicted molar refractivity (Wildman–Crippen MR) is 49.6 cm³/mol. The maximum absolute atomic E-state index is 10.6. The summed E-state index contributed by atoms with van der Waals surface area (Å²) >= 11 is 0. The van der Waals surface area contributed by atoms with Gasteiger partial charge in [-0.1, -0.05) is 0 Å². The third kappa shape index (κ3) is 2.05. The minimum absolute atomic E-state index is 0.144. The van der Waals surface area contributed by atoms with Crippen LogP contribution >= 0.6 is 0 Å². The Balaban J connectivity index is 2.30. The lowest BCUT2D eigenvalue weighted by molar-refractivity contribution is 0.0690. The van der Waals surface area contributed by atoms with Crippen molar-refractivity contribution in [3.63, 3.8) is 0 Å². The molecule has 1 aromatic rings. The molecule has 1 N–H and O–H groups in total. The molecule has 1 fully saturated rings. The quantitative estimate of drug-likeness (QED) is 0.799. The van der Waals surface area contributed by atoms with Gasteiger partial charge in [0.05, 0.1) is 17.9 Å². The second-order valence-electron chi connectivity index (χ2n) is 3.30. The first-order chi connectivity index (χ1) is 7.20. The molecular weight excluding hydrogens is 196 g/mol. The molecule has 0 radical (unpaired) electrons. The Morgan fingerprint density at radius 3 is 2.93 bits per heavy atom. The summed E-state index contributed by atoms with van der Waals surface area (Å²) < 4.78 is 5.40. The summed E-state index contributed by atoms with van der Waals surface area (Å²) in [4.78, 5) is 14.3. The van der Waals surface area contributed by atoms with E-state index in [1.54, 1.807) is 0 Å². The molecule has 0 bridgehead atoms. The summed E-state index contributed by atoms with van der Waals surface area (Å²) in [5.74, 6) is -0.783. The van der Waals surface area contributed by atoms with Crippen LogP contribution in [0.15, 0.2) is 12.3 Å². The van der Waals surface area contributed by atoms with E-state index in [1.807, 2.05) is 6.07 Å². The van der Waals surface area contributed by atoms with Gasteiger partial charge < -0.3 is 9.84 Å². The van der Waals surface area contributed by atoms with Gasteiger partial charge in [0.2, 0.25) is 0 Å². The summed E-state index contributed by atoms with van der Waals surface area (Å²) in [6.45, 7) is 0. The van der Waals surface area contributed by atoms with Crippen LogP contribution in [-0.2, 0) is 0 Å². The van der Waals surface area contributed by atoms with Crippen LogP contribution in [0.25, 0.3) is 0 Å². The predicted octanol–water partition coefficient (Wildman–Crippen LogP) is 1.19. The van der Waals surface area contributed by atoms with Crippen LogP contribution in [0.1, 0.15) is 28.9 Å². The van der Waals surface area contributed by atoms with E-state index in [4.69, 9.17) is 15.1 Å². The molecule has 0 aliphatic heterocycles. The van der Waals surface area contributed by atoms with Gasteiger partial charge in [0.25, 0.3) is 0 Å². The Labute approximate surface area is 85.9 Å². The number of carboxylic acids is 1. The van der Waals surface area contributed by atoms with Gasteiger partial charge in [0.15, 0.2) is 5.75 Å². The Hall–Kier alpha value is -2.09. The van der Waals surface area contributed by atoms with Crippen molar-refractivity contribution in [3.8, 4) is 11.8 Å². The van der Waals surface area contributed by atoms with E-state index in [2.05, 4.69) is 4.98 Å². The van der Waals surface area contributed by atoms with E-state index in [-0.39, 0.29) is 17.4 Å². The van der Waals surface area contributed by atoms with Crippen molar-refractivity contribution in [1.29, 1.82) is 5.26 Å². The second kappa shape index (κ2) is 3.58. The van der Waals surface area contributed by atoms with Crippen molar-refractivity contribution in [2.75, 3.05) is 0 Å². The Morgan fingerprint density at radius 1 is 1.67 bits per heavy atom. The third-order valence-electron chi connectivity index (χ3n) is 2.02. The zero-order valence-electron chi connectivity index (χ0n) is 7.80. The molecule has 1 aliphatic rings. The van der Waals surface area contributed by atoms with Crippen molar-refractivity contribution in [1.82, 2.24) is 4.98 Å². The van der Waals surface area contributed by atoms with Crippen LogP contribution in [0.3, 0.4) is 0 Å². The lowest BCUT2D eigenvalue weighted by Crippen LogP contribution is -2.04. The van der Waals surface area contributed by atoms with Gasteiger partial charge in [-0.15, -0.1) is 0 Å². The molecule has 0 amide bonds. The van der Waals surface area contributed by atoms with Crippen molar-refractivity contribution in [3.05, 3.63) is 23.5 Å². The van der Waals surface area contributed by atoms with Gasteiger partial charge in [-0.2, -0.15) is 5.26 Å². The van der Waals surface area contributed by atoms with Gasteiger partial charge in [-0.05, 0) is 18.9 Å². The Bertz CT molecular complexity index is 446. The second-order valence-corrected chi connectivity index (χ2v) is 3.30. The van der Waals surface area contributed by atoms with Gasteiger partial charge in [0.1, 0.15) is 11.8 Å². The van der Waals surface area contributed by atoms with Crippen LogP contribution < -0.4 is 4.74 Å². The number of nitriles is 1. The maximum atomic E-state index is 10.6. The van der Waals surface area contributed by atoms with Crippen LogP contribution in [0.4, 0.5) is 0 Å². The van der Waals surface area contributed by atoms with Crippen LogP contribution in [0.2, 0.25) is 0 Å². The molecule has 0 aromatic carbocycles. The van der Waals surface area contributed by atoms with Gasteiger partial charge in [-0.3, -0.25) is 0 Å². The fraction of sp³-hybridized carbons (Fsp3) is 0.300. The average molecular weight is 204 g/mol. The summed E-state index contributed by atoms with van der Waals surface area (Å²) in [5.41, 5.74) is 0.0731. The molecule has 1 saturated carbocycles. The number of aromatic nitrogens is 1. The SMILES string of the molecule is N#Cc1cc(C(=O)O)ncc1OC1CC1. The van der Waals surface area contributed by atoms with Gasteiger partial charge in [0, 0.05) is 0 Å². The summed E-state index contributed by atoms with van der Waals surface area (Å²) in [6, 6.07) is 3.12. The van der Waals surface area contributed by atoms with Crippen LogP contribution in [0, 0.1) is 11.3 Å². The molecule has 1 heterocycles. The van der Waals surface area contributed by atoms with Crippen LogP contribution in [-0.4, -0.2) is 22.2 Å². The smallest absolute Gasteiger partial charge is 0.354 e. The number of carboxylic acid groups (broad SMARTS) is 1. The summed E-state index contributed by atoms with van der Waals surface area (Å²) in [6.07, 6.45) is 3.41. The molecule has 0 unspecified atom stereocenters. The highest BCUT2D eigenvalue weighted by atomic mass is 16.5. The summed E-state index contributed by atoms with van der Waals surface area (Å²) in [5, 5.41) is 17.5. The normalized spacial score (nSPS) is 14.3. The molecule has 1 aliphatic carbocycles. The highest BCUT2D eigenvalue weighted by Crippen LogP contribution is 2.28. The standard InChI is InChI=1S/C10H8N2O3/c11-4-6-3-8(10(13)14)12-5-9(6)15-7-1-2-7/h3,5,7H,1-2H2,(H,13,14). The average Bonchev–Trinajstić information content (AvgIpc) is 3.02. The van der Waals surface area contributed by atoms with Crippen molar-refractivity contribution in [2.24, 2.45) is 0 Å². The largest absolute Gasteiger partial charge is 0.487 e. The van der Waals surface area contributed by atoms with E-state index < -0.39 is 5.97 Å². The lowest BCUT2D eigenvalue weighted by atomic mass is 10.2. The monoisotopic (exact) mass is 204 g/mol. The van der Waals surface area contributed by atoms with E-state index in [9.17, 15) is 4.79 Å². The molecule has 5 nitrogen and oxygen atoms in total. The number of nitrogens with zero attached hydrogens (tertiary/aromatic N) is 2. The Morgan fingerprint density at radius 2 is 2.40 bits per heavy atom. The molecule has 1 aromatic heterocycles. The zero-order valence-corrected chi connectivity index (χ0v) is 7.80. The van der Waals surface area contributed by atoms with Gasteiger partial charge in [-0.25, -0.2) is 9.78 Å². The van der Waals surface area contributed by atoms with Crippen LogP contribution in [0.5, 0.6) is 5.75 Å². The lowest BCUT2D eigenvalue weighted by Gasteiger charge is -2.05. The summed E-state index contributed by atoms with van der Waals surface area (Å²) in [7, 11) is 0. The molecule has 5 heteroatoms. The molecule has 0 spiro atoms. The number of carbonyl (C=O) groups is 1. The first-order valence-electron chi connectivity index (χ1n) is 4.51. The topological polar surface area (TPSA) is 83.2 Å². The molecule has 2 rings (SSSR count).